The zero-order valence-electron chi connectivity index (χ0n) is 14.0. The number of aromatic nitrogens is 3. The summed E-state index contributed by atoms with van der Waals surface area (Å²) in [4.78, 5) is 0.194. The van der Waals surface area contributed by atoms with Crippen LogP contribution in [0.1, 0.15) is 24.5 Å². The first-order valence-corrected chi connectivity index (χ1v) is 9.77. The minimum absolute atomic E-state index is 0. The Kier molecular flexibility index (Phi) is 9.29. The van der Waals surface area contributed by atoms with Crippen LogP contribution >= 0.6 is 36.4 Å². The zero-order valence-corrected chi connectivity index (χ0v) is 17.2. The Morgan fingerprint density at radius 3 is 2.65 bits per heavy atom. The van der Waals surface area contributed by atoms with Gasteiger partial charge in [-0.05, 0) is 43.7 Å². The standard InChI is InChI=1S/C15H20ClN5O2S.2ClH/c16-13-3-5-14(6-4-13)24(22,23)18-8-9-21-11-15(19-20-21)12-2-1-7-17-10-12;;/h3-6,11-12,17-18H,1-2,7-10H2;2*1H. The van der Waals surface area contributed by atoms with E-state index in [0.29, 0.717) is 17.5 Å². The topological polar surface area (TPSA) is 88.9 Å². The predicted molar refractivity (Wildman–Crippen MR) is 106 cm³/mol. The normalized spacial score (nSPS) is 17.2. The number of nitrogens with one attached hydrogen (secondary N) is 2. The highest BCUT2D eigenvalue weighted by Crippen LogP contribution is 2.20. The maximum Gasteiger partial charge on any atom is 0.240 e. The van der Waals surface area contributed by atoms with Crippen LogP contribution in [-0.4, -0.2) is 43.0 Å². The first-order valence-electron chi connectivity index (χ1n) is 7.90. The molecule has 0 bridgehead atoms. The van der Waals surface area contributed by atoms with Gasteiger partial charge in [-0.2, -0.15) is 0 Å². The van der Waals surface area contributed by atoms with Crippen LogP contribution in [0.4, 0.5) is 0 Å². The quantitative estimate of drug-likeness (QED) is 0.716. The SMILES string of the molecule is Cl.Cl.O=S(=O)(NCCn1cc(C2CCCNC2)nn1)c1ccc(Cl)cc1. The molecule has 2 heterocycles. The minimum atomic E-state index is -3.54. The van der Waals surface area contributed by atoms with Crippen molar-refractivity contribution in [1.82, 2.24) is 25.0 Å². The molecule has 2 aromatic rings. The van der Waals surface area contributed by atoms with Gasteiger partial charge < -0.3 is 5.32 Å². The molecule has 1 aromatic heterocycles. The van der Waals surface area contributed by atoms with E-state index in [9.17, 15) is 8.42 Å². The Balaban J connectivity index is 0.00000169. The van der Waals surface area contributed by atoms with Crippen LogP contribution in [0.15, 0.2) is 35.4 Å². The summed E-state index contributed by atoms with van der Waals surface area (Å²) in [5.74, 6) is 0.387. The maximum absolute atomic E-state index is 12.2. The lowest BCUT2D eigenvalue weighted by Crippen LogP contribution is -2.28. The summed E-state index contributed by atoms with van der Waals surface area (Å²) in [5.41, 5.74) is 0.961. The molecule has 1 aliphatic heterocycles. The third kappa shape index (κ3) is 6.07. The highest BCUT2D eigenvalue weighted by molar-refractivity contribution is 7.89. The van der Waals surface area contributed by atoms with Crippen molar-refractivity contribution in [3.05, 3.63) is 41.2 Å². The molecule has 0 aliphatic carbocycles. The first kappa shape index (κ1) is 23.1. The van der Waals surface area contributed by atoms with Gasteiger partial charge in [0.1, 0.15) is 0 Å². The summed E-state index contributed by atoms with van der Waals surface area (Å²) >= 11 is 5.77. The van der Waals surface area contributed by atoms with Crippen molar-refractivity contribution in [2.24, 2.45) is 0 Å². The molecule has 0 saturated carbocycles. The van der Waals surface area contributed by atoms with Gasteiger partial charge in [0.2, 0.25) is 10.0 Å². The molecule has 0 spiro atoms. The van der Waals surface area contributed by atoms with Crippen LogP contribution in [-0.2, 0) is 16.6 Å². The van der Waals surface area contributed by atoms with Gasteiger partial charge in [0.15, 0.2) is 0 Å². The molecule has 1 atom stereocenters. The number of nitrogens with zero attached hydrogens (tertiary/aromatic N) is 3. The van der Waals surface area contributed by atoms with E-state index in [2.05, 4.69) is 20.4 Å². The second kappa shape index (κ2) is 10.4. The fourth-order valence-corrected chi connectivity index (χ4v) is 3.85. The average Bonchev–Trinajstić information content (AvgIpc) is 3.05. The van der Waals surface area contributed by atoms with Crippen molar-refractivity contribution in [3.63, 3.8) is 0 Å². The van der Waals surface area contributed by atoms with E-state index in [0.717, 1.165) is 31.6 Å². The second-order valence-corrected chi connectivity index (χ2v) is 8.00. The molecule has 1 aliphatic rings. The highest BCUT2D eigenvalue weighted by Gasteiger charge is 2.18. The van der Waals surface area contributed by atoms with Crippen LogP contribution in [0, 0.1) is 0 Å². The van der Waals surface area contributed by atoms with Crippen molar-refractivity contribution in [2.45, 2.75) is 30.2 Å². The molecule has 7 nitrogen and oxygen atoms in total. The third-order valence-electron chi connectivity index (χ3n) is 4.03. The first-order chi connectivity index (χ1) is 11.5. The summed E-state index contributed by atoms with van der Waals surface area (Å²) in [6.45, 7) is 2.65. The maximum atomic E-state index is 12.2. The molecule has 11 heteroatoms. The lowest BCUT2D eigenvalue weighted by atomic mass is 9.97. The lowest BCUT2D eigenvalue weighted by Gasteiger charge is -2.20. The van der Waals surface area contributed by atoms with Crippen LogP contribution < -0.4 is 10.0 Å². The number of hydrogen-bond donors (Lipinski definition) is 2. The van der Waals surface area contributed by atoms with Gasteiger partial charge in [0, 0.05) is 30.2 Å². The van der Waals surface area contributed by atoms with Crippen molar-refractivity contribution < 1.29 is 8.42 Å². The molecule has 3 rings (SSSR count). The Morgan fingerprint density at radius 1 is 1.27 bits per heavy atom. The van der Waals surface area contributed by atoms with Gasteiger partial charge in [-0.1, -0.05) is 16.8 Å². The third-order valence-corrected chi connectivity index (χ3v) is 5.76. The molecule has 0 amide bonds. The van der Waals surface area contributed by atoms with Gasteiger partial charge in [0.05, 0.1) is 17.1 Å². The fourth-order valence-electron chi connectivity index (χ4n) is 2.71. The van der Waals surface area contributed by atoms with Gasteiger partial charge in [-0.3, -0.25) is 4.68 Å². The number of hydrogen-bond acceptors (Lipinski definition) is 5. The molecule has 146 valence electrons. The van der Waals surface area contributed by atoms with E-state index < -0.39 is 10.0 Å². The van der Waals surface area contributed by atoms with Gasteiger partial charge >= 0.3 is 0 Å². The number of halogens is 3. The summed E-state index contributed by atoms with van der Waals surface area (Å²) in [7, 11) is -3.54. The Labute approximate surface area is 170 Å². The number of sulfonamides is 1. The monoisotopic (exact) mass is 441 g/mol. The molecule has 0 radical (unpaired) electrons. The molecule has 1 saturated heterocycles. The van der Waals surface area contributed by atoms with Gasteiger partial charge in [-0.15, -0.1) is 29.9 Å². The fraction of sp³-hybridized carbons (Fsp3) is 0.467. The number of benzene rings is 1. The smallest absolute Gasteiger partial charge is 0.240 e. The van der Waals surface area contributed by atoms with E-state index in [-0.39, 0.29) is 36.3 Å². The van der Waals surface area contributed by atoms with Crippen molar-refractivity contribution in [2.75, 3.05) is 19.6 Å². The van der Waals surface area contributed by atoms with E-state index in [1.807, 2.05) is 6.20 Å². The second-order valence-electron chi connectivity index (χ2n) is 5.80. The predicted octanol–water partition coefficient (Wildman–Crippen LogP) is 2.22. The lowest BCUT2D eigenvalue weighted by molar-refractivity contribution is 0.454. The molecule has 1 fully saturated rings. The van der Waals surface area contributed by atoms with Crippen LogP contribution in [0.2, 0.25) is 5.02 Å². The largest absolute Gasteiger partial charge is 0.316 e. The Bertz CT molecular complexity index is 777. The van der Waals surface area contributed by atoms with Crippen LogP contribution in [0.25, 0.3) is 0 Å². The summed E-state index contributed by atoms with van der Waals surface area (Å²) < 4.78 is 28.6. The van der Waals surface area contributed by atoms with Crippen molar-refractivity contribution >= 4 is 46.4 Å². The molecule has 1 aromatic carbocycles. The van der Waals surface area contributed by atoms with Gasteiger partial charge in [0.25, 0.3) is 0 Å². The van der Waals surface area contributed by atoms with Crippen LogP contribution in [0.5, 0.6) is 0 Å². The highest BCUT2D eigenvalue weighted by atomic mass is 35.5. The van der Waals surface area contributed by atoms with Crippen molar-refractivity contribution in [3.8, 4) is 0 Å². The molecule has 2 N–H and O–H groups in total. The summed E-state index contributed by atoms with van der Waals surface area (Å²) in [5, 5.41) is 12.1. The summed E-state index contributed by atoms with van der Waals surface area (Å²) in [6.07, 6.45) is 4.14. The Morgan fingerprint density at radius 2 is 2.00 bits per heavy atom. The van der Waals surface area contributed by atoms with E-state index in [1.165, 1.54) is 12.1 Å². The molecular formula is C15H22Cl3N5O2S. The molecule has 26 heavy (non-hydrogen) atoms. The average molecular weight is 443 g/mol. The van der Waals surface area contributed by atoms with E-state index in [4.69, 9.17) is 11.6 Å². The Hall–Kier alpha value is -0.900. The molecule has 1 unspecified atom stereocenters. The minimum Gasteiger partial charge on any atom is -0.316 e. The zero-order chi connectivity index (χ0) is 17.0. The van der Waals surface area contributed by atoms with Crippen molar-refractivity contribution in [1.29, 1.82) is 0 Å². The number of rotatable bonds is 6. The van der Waals surface area contributed by atoms with E-state index >= 15 is 0 Å². The van der Waals surface area contributed by atoms with Gasteiger partial charge in [-0.25, -0.2) is 13.1 Å². The number of piperidine rings is 1. The summed E-state index contributed by atoms with van der Waals surface area (Å²) in [6, 6.07) is 6.07. The van der Waals surface area contributed by atoms with Crippen LogP contribution in [0.3, 0.4) is 0 Å². The molecular weight excluding hydrogens is 421 g/mol. The van der Waals surface area contributed by atoms with E-state index in [1.54, 1.807) is 16.8 Å².